The average Bonchev–Trinajstić information content (AvgIpc) is 2.62. The molecule has 0 saturated heterocycles. The first-order chi connectivity index (χ1) is 12.5. The molecule has 1 amide bonds. The number of para-hydroxylation sites is 1. The number of hydrogen-bond donors (Lipinski definition) is 3. The highest BCUT2D eigenvalue weighted by Crippen LogP contribution is 2.22. The quantitative estimate of drug-likeness (QED) is 0.728. The zero-order valence-electron chi connectivity index (χ0n) is 15.4. The fraction of sp³-hybridized carbons (Fsp3) is 0.526. The normalized spacial score (nSPS) is 20.3. The van der Waals surface area contributed by atoms with Crippen molar-refractivity contribution in [3.8, 4) is 0 Å². The van der Waals surface area contributed by atoms with E-state index >= 15 is 0 Å². The number of aliphatic hydroxyl groups excluding tert-OH is 1. The van der Waals surface area contributed by atoms with Crippen LogP contribution >= 0.6 is 0 Å². The first-order valence-corrected chi connectivity index (χ1v) is 9.16. The molecule has 1 saturated carbocycles. The van der Waals surface area contributed by atoms with Gasteiger partial charge >= 0.3 is 0 Å². The van der Waals surface area contributed by atoms with Crippen LogP contribution in [0.25, 0.3) is 10.9 Å². The molecule has 0 atom stereocenters. The summed E-state index contributed by atoms with van der Waals surface area (Å²) in [5, 5.41) is 16.8. The van der Waals surface area contributed by atoms with Gasteiger partial charge < -0.3 is 20.6 Å². The van der Waals surface area contributed by atoms with E-state index in [0.29, 0.717) is 23.6 Å². The molecule has 1 aliphatic rings. The SMILES string of the molecule is CN(C)CCNC(=O)c1cccc2cnc(N[C@H]3CC[C@H](O)CC3)nc12. The van der Waals surface area contributed by atoms with Gasteiger partial charge in [0, 0.05) is 30.7 Å². The summed E-state index contributed by atoms with van der Waals surface area (Å²) in [6.07, 6.45) is 4.95. The molecule has 140 valence electrons. The summed E-state index contributed by atoms with van der Waals surface area (Å²) in [7, 11) is 3.94. The van der Waals surface area contributed by atoms with Crippen molar-refractivity contribution in [2.45, 2.75) is 37.8 Å². The number of anilines is 1. The number of likely N-dealkylation sites (N-methyl/N-ethyl adjacent to an activating group) is 1. The lowest BCUT2D eigenvalue weighted by Gasteiger charge is -2.26. The van der Waals surface area contributed by atoms with Gasteiger partial charge in [-0.2, -0.15) is 0 Å². The molecule has 0 unspecified atom stereocenters. The molecule has 1 heterocycles. The Labute approximate surface area is 153 Å². The third-order valence-corrected chi connectivity index (χ3v) is 4.73. The second kappa shape index (κ2) is 8.42. The zero-order chi connectivity index (χ0) is 18.5. The summed E-state index contributed by atoms with van der Waals surface area (Å²) >= 11 is 0. The van der Waals surface area contributed by atoms with Crippen molar-refractivity contribution >= 4 is 22.8 Å². The van der Waals surface area contributed by atoms with Gasteiger partial charge in [0.15, 0.2) is 0 Å². The van der Waals surface area contributed by atoms with Crippen LogP contribution in [0.5, 0.6) is 0 Å². The van der Waals surface area contributed by atoms with Gasteiger partial charge in [0.1, 0.15) is 0 Å². The van der Waals surface area contributed by atoms with E-state index in [1.54, 1.807) is 12.3 Å². The fourth-order valence-corrected chi connectivity index (χ4v) is 3.20. The van der Waals surface area contributed by atoms with Gasteiger partial charge in [-0.05, 0) is 45.8 Å². The van der Waals surface area contributed by atoms with Gasteiger partial charge in [0.25, 0.3) is 5.91 Å². The molecule has 1 aromatic heterocycles. The summed E-state index contributed by atoms with van der Waals surface area (Å²) in [5.41, 5.74) is 1.22. The highest BCUT2D eigenvalue weighted by atomic mass is 16.3. The fourth-order valence-electron chi connectivity index (χ4n) is 3.20. The van der Waals surface area contributed by atoms with Crippen LogP contribution in [0.4, 0.5) is 5.95 Å². The molecule has 1 aliphatic carbocycles. The Morgan fingerprint density at radius 1 is 1.27 bits per heavy atom. The van der Waals surface area contributed by atoms with Crippen LogP contribution in [0.2, 0.25) is 0 Å². The van der Waals surface area contributed by atoms with Crippen molar-refractivity contribution in [1.82, 2.24) is 20.2 Å². The van der Waals surface area contributed by atoms with E-state index in [9.17, 15) is 9.90 Å². The lowest BCUT2D eigenvalue weighted by atomic mass is 9.93. The van der Waals surface area contributed by atoms with Crippen molar-refractivity contribution in [3.05, 3.63) is 30.0 Å². The summed E-state index contributed by atoms with van der Waals surface area (Å²) < 4.78 is 0. The van der Waals surface area contributed by atoms with E-state index in [1.165, 1.54) is 0 Å². The van der Waals surface area contributed by atoms with Crippen molar-refractivity contribution in [3.63, 3.8) is 0 Å². The molecular weight excluding hydrogens is 330 g/mol. The number of fused-ring (bicyclic) bond motifs is 1. The number of nitrogens with zero attached hydrogens (tertiary/aromatic N) is 3. The van der Waals surface area contributed by atoms with E-state index in [1.807, 2.05) is 31.1 Å². The maximum atomic E-state index is 12.5. The number of amides is 1. The maximum absolute atomic E-state index is 12.5. The van der Waals surface area contributed by atoms with Crippen LogP contribution in [0.1, 0.15) is 36.0 Å². The van der Waals surface area contributed by atoms with Crippen molar-refractivity contribution in [2.24, 2.45) is 0 Å². The Morgan fingerprint density at radius 2 is 2.04 bits per heavy atom. The molecule has 3 rings (SSSR count). The maximum Gasteiger partial charge on any atom is 0.253 e. The number of rotatable bonds is 6. The smallest absolute Gasteiger partial charge is 0.253 e. The number of aromatic nitrogens is 2. The second-order valence-electron chi connectivity index (χ2n) is 7.15. The number of aliphatic hydroxyl groups is 1. The highest BCUT2D eigenvalue weighted by Gasteiger charge is 2.20. The van der Waals surface area contributed by atoms with Gasteiger partial charge in [0.2, 0.25) is 5.95 Å². The lowest BCUT2D eigenvalue weighted by Crippen LogP contribution is -2.31. The molecule has 1 fully saturated rings. The standard InChI is InChI=1S/C19H27N5O2/c1-24(2)11-10-20-18(26)16-5-3-4-13-12-21-19(23-17(13)16)22-14-6-8-15(25)9-7-14/h3-5,12,14-15,25H,6-11H2,1-2H3,(H,20,26)(H,21,22,23)/t14-,15-. The van der Waals surface area contributed by atoms with E-state index in [0.717, 1.165) is 37.6 Å². The predicted molar refractivity (Wildman–Crippen MR) is 102 cm³/mol. The summed E-state index contributed by atoms with van der Waals surface area (Å²) in [5.74, 6) is 0.412. The molecule has 3 N–H and O–H groups in total. The number of carbonyl (C=O) groups excluding carboxylic acids is 1. The minimum absolute atomic E-state index is 0.122. The molecule has 0 radical (unpaired) electrons. The van der Waals surface area contributed by atoms with Crippen LogP contribution in [0.15, 0.2) is 24.4 Å². The van der Waals surface area contributed by atoms with Crippen molar-refractivity contribution in [2.75, 3.05) is 32.5 Å². The van der Waals surface area contributed by atoms with Crippen LogP contribution in [0, 0.1) is 0 Å². The Kier molecular flexibility index (Phi) is 6.00. The third kappa shape index (κ3) is 4.68. The topological polar surface area (TPSA) is 90.4 Å². The van der Waals surface area contributed by atoms with E-state index in [2.05, 4.69) is 20.6 Å². The van der Waals surface area contributed by atoms with Gasteiger partial charge in [-0.3, -0.25) is 4.79 Å². The molecule has 1 aromatic carbocycles. The monoisotopic (exact) mass is 357 g/mol. The van der Waals surface area contributed by atoms with E-state index in [-0.39, 0.29) is 18.1 Å². The van der Waals surface area contributed by atoms with Crippen LogP contribution in [-0.4, -0.2) is 65.2 Å². The third-order valence-electron chi connectivity index (χ3n) is 4.73. The van der Waals surface area contributed by atoms with E-state index in [4.69, 9.17) is 0 Å². The summed E-state index contributed by atoms with van der Waals surface area (Å²) in [6, 6.07) is 5.81. The first-order valence-electron chi connectivity index (χ1n) is 9.16. The van der Waals surface area contributed by atoms with E-state index < -0.39 is 0 Å². The Balaban J connectivity index is 1.75. The van der Waals surface area contributed by atoms with Crippen LogP contribution in [0.3, 0.4) is 0 Å². The first kappa shape index (κ1) is 18.5. The molecule has 26 heavy (non-hydrogen) atoms. The number of carbonyl (C=O) groups is 1. The number of nitrogens with one attached hydrogen (secondary N) is 2. The summed E-state index contributed by atoms with van der Waals surface area (Å²) in [6.45, 7) is 1.37. The zero-order valence-corrected chi connectivity index (χ0v) is 15.4. The van der Waals surface area contributed by atoms with Crippen LogP contribution < -0.4 is 10.6 Å². The van der Waals surface area contributed by atoms with Gasteiger partial charge in [-0.15, -0.1) is 0 Å². The van der Waals surface area contributed by atoms with Crippen molar-refractivity contribution in [1.29, 1.82) is 0 Å². The Bertz CT molecular complexity index is 757. The molecule has 0 spiro atoms. The van der Waals surface area contributed by atoms with Gasteiger partial charge in [-0.1, -0.05) is 12.1 Å². The lowest BCUT2D eigenvalue weighted by molar-refractivity contribution is 0.0952. The second-order valence-corrected chi connectivity index (χ2v) is 7.15. The highest BCUT2D eigenvalue weighted by molar-refractivity contribution is 6.05. The van der Waals surface area contributed by atoms with Crippen molar-refractivity contribution < 1.29 is 9.90 Å². The largest absolute Gasteiger partial charge is 0.393 e. The van der Waals surface area contributed by atoms with Crippen LogP contribution in [-0.2, 0) is 0 Å². The number of benzene rings is 1. The molecule has 0 aliphatic heterocycles. The Hall–Kier alpha value is -2.25. The minimum Gasteiger partial charge on any atom is -0.393 e. The molecular formula is C19H27N5O2. The molecule has 7 heteroatoms. The molecule has 0 bridgehead atoms. The molecule has 7 nitrogen and oxygen atoms in total. The average molecular weight is 357 g/mol. The molecule has 2 aromatic rings. The Morgan fingerprint density at radius 3 is 2.77 bits per heavy atom. The number of hydrogen-bond acceptors (Lipinski definition) is 6. The minimum atomic E-state index is -0.192. The predicted octanol–water partition coefficient (Wildman–Crippen LogP) is 1.64. The van der Waals surface area contributed by atoms with Gasteiger partial charge in [-0.25, -0.2) is 9.97 Å². The summed E-state index contributed by atoms with van der Waals surface area (Å²) in [4.78, 5) is 23.5. The van der Waals surface area contributed by atoms with Gasteiger partial charge in [0.05, 0.1) is 17.2 Å².